The van der Waals surface area contributed by atoms with Crippen molar-refractivity contribution < 1.29 is 9.90 Å². The summed E-state index contributed by atoms with van der Waals surface area (Å²) in [5.74, 6) is 0.216. The van der Waals surface area contributed by atoms with Gasteiger partial charge >= 0.3 is 0 Å². The number of hydrogen-bond donors (Lipinski definition) is 3. The molecule has 0 aliphatic heterocycles. The number of aromatic hydroxyl groups is 1. The highest BCUT2D eigenvalue weighted by Gasteiger charge is 2.31. The maximum absolute atomic E-state index is 12.9. The molecule has 0 aliphatic carbocycles. The van der Waals surface area contributed by atoms with E-state index in [0.717, 1.165) is 16.8 Å². The molecule has 1 atom stereocenters. The van der Waals surface area contributed by atoms with E-state index < -0.39 is 6.04 Å². The molecule has 0 aromatic heterocycles. The Kier molecular flexibility index (Phi) is 6.32. The second-order valence-electron chi connectivity index (χ2n) is 9.10. The standard InChI is InChI=1S/C23H32N2O2/c1-22(2,3)18-14-10-11-16(19(18)26)15-24-20(23(4,5)6)21(27)25-17-12-8-7-9-13-17/h7-14,20,24,26H,15H2,1-6H3,(H,25,27)/t20-/m1/s1. The summed E-state index contributed by atoms with van der Waals surface area (Å²) >= 11 is 0. The Morgan fingerprint density at radius 2 is 1.59 bits per heavy atom. The van der Waals surface area contributed by atoms with Gasteiger partial charge in [0, 0.05) is 17.8 Å². The van der Waals surface area contributed by atoms with Crippen LogP contribution in [0.15, 0.2) is 48.5 Å². The number of hydrogen-bond acceptors (Lipinski definition) is 3. The number of amides is 1. The number of carbonyl (C=O) groups excluding carboxylic acids is 1. The lowest BCUT2D eigenvalue weighted by Gasteiger charge is -2.31. The molecular formula is C23H32N2O2. The van der Waals surface area contributed by atoms with Crippen LogP contribution in [-0.4, -0.2) is 17.1 Å². The molecule has 0 saturated heterocycles. The van der Waals surface area contributed by atoms with Gasteiger partial charge in [0.05, 0.1) is 6.04 Å². The van der Waals surface area contributed by atoms with Gasteiger partial charge in [0.2, 0.25) is 5.91 Å². The van der Waals surface area contributed by atoms with Gasteiger partial charge in [0.15, 0.2) is 0 Å². The number of para-hydroxylation sites is 2. The molecule has 0 aliphatic rings. The first-order valence-corrected chi connectivity index (χ1v) is 9.41. The van der Waals surface area contributed by atoms with Crippen molar-refractivity contribution in [3.63, 3.8) is 0 Å². The van der Waals surface area contributed by atoms with Gasteiger partial charge in [0.25, 0.3) is 0 Å². The van der Waals surface area contributed by atoms with Crippen LogP contribution in [0.25, 0.3) is 0 Å². The monoisotopic (exact) mass is 368 g/mol. The second kappa shape index (κ2) is 8.13. The van der Waals surface area contributed by atoms with Crippen LogP contribution < -0.4 is 10.6 Å². The van der Waals surface area contributed by atoms with E-state index in [9.17, 15) is 9.90 Å². The number of carbonyl (C=O) groups is 1. The minimum Gasteiger partial charge on any atom is -0.507 e. The van der Waals surface area contributed by atoms with Crippen molar-refractivity contribution >= 4 is 11.6 Å². The number of nitrogens with one attached hydrogen (secondary N) is 2. The molecule has 4 nitrogen and oxygen atoms in total. The topological polar surface area (TPSA) is 61.4 Å². The second-order valence-corrected chi connectivity index (χ2v) is 9.10. The number of anilines is 1. The van der Waals surface area contributed by atoms with Crippen LogP contribution in [0.3, 0.4) is 0 Å². The molecule has 0 heterocycles. The van der Waals surface area contributed by atoms with Gasteiger partial charge in [-0.3, -0.25) is 4.79 Å². The van der Waals surface area contributed by atoms with Crippen molar-refractivity contribution in [1.82, 2.24) is 5.32 Å². The highest BCUT2D eigenvalue weighted by atomic mass is 16.3. The average molecular weight is 369 g/mol. The Hall–Kier alpha value is -2.33. The van der Waals surface area contributed by atoms with Crippen LogP contribution in [0.4, 0.5) is 5.69 Å². The molecule has 0 spiro atoms. The van der Waals surface area contributed by atoms with E-state index in [-0.39, 0.29) is 16.7 Å². The molecule has 0 unspecified atom stereocenters. The van der Waals surface area contributed by atoms with Gasteiger partial charge in [-0.05, 0) is 28.5 Å². The molecule has 0 bridgehead atoms. The zero-order chi connectivity index (χ0) is 20.2. The van der Waals surface area contributed by atoms with Crippen molar-refractivity contribution in [2.45, 2.75) is 59.5 Å². The van der Waals surface area contributed by atoms with Gasteiger partial charge in [-0.15, -0.1) is 0 Å². The molecule has 27 heavy (non-hydrogen) atoms. The van der Waals surface area contributed by atoms with E-state index in [1.807, 2.05) is 69.3 Å². The molecule has 2 aromatic rings. The smallest absolute Gasteiger partial charge is 0.242 e. The summed E-state index contributed by atoms with van der Waals surface area (Å²) in [4.78, 5) is 12.9. The van der Waals surface area contributed by atoms with E-state index >= 15 is 0 Å². The van der Waals surface area contributed by atoms with Crippen LogP contribution in [0, 0.1) is 5.41 Å². The van der Waals surface area contributed by atoms with E-state index in [4.69, 9.17) is 0 Å². The summed E-state index contributed by atoms with van der Waals surface area (Å²) < 4.78 is 0. The Labute approximate surface area is 163 Å². The number of rotatable bonds is 5. The predicted octanol–water partition coefficient (Wildman–Crippen LogP) is 4.83. The maximum atomic E-state index is 12.9. The van der Waals surface area contributed by atoms with Crippen molar-refractivity contribution in [3.05, 3.63) is 59.7 Å². The van der Waals surface area contributed by atoms with E-state index in [1.165, 1.54) is 0 Å². The van der Waals surface area contributed by atoms with Gasteiger partial charge in [-0.1, -0.05) is 77.9 Å². The molecule has 0 fully saturated rings. The SMILES string of the molecule is CC(C)(C)c1cccc(CN[C@H](C(=O)Nc2ccccc2)C(C)(C)C)c1O. The molecule has 3 N–H and O–H groups in total. The van der Waals surface area contributed by atoms with Crippen molar-refractivity contribution in [2.75, 3.05) is 5.32 Å². The number of phenolic OH excluding ortho intramolecular Hbond substituents is 1. The summed E-state index contributed by atoms with van der Waals surface area (Å²) in [7, 11) is 0. The van der Waals surface area contributed by atoms with Crippen LogP contribution in [0.2, 0.25) is 0 Å². The Morgan fingerprint density at radius 3 is 2.15 bits per heavy atom. The quantitative estimate of drug-likeness (QED) is 0.708. The fourth-order valence-electron chi connectivity index (χ4n) is 3.08. The summed E-state index contributed by atoms with van der Waals surface area (Å²) in [6, 6.07) is 14.8. The Morgan fingerprint density at radius 1 is 0.963 bits per heavy atom. The Bertz CT molecular complexity index is 771. The zero-order valence-electron chi connectivity index (χ0n) is 17.3. The Balaban J connectivity index is 2.17. The molecule has 0 radical (unpaired) electrons. The van der Waals surface area contributed by atoms with Crippen LogP contribution in [0.1, 0.15) is 52.7 Å². The fraction of sp³-hybridized carbons (Fsp3) is 0.435. The highest BCUT2D eigenvalue weighted by molar-refractivity contribution is 5.95. The average Bonchev–Trinajstić information content (AvgIpc) is 2.55. The first-order valence-electron chi connectivity index (χ1n) is 9.41. The van der Waals surface area contributed by atoms with Crippen molar-refractivity contribution in [2.24, 2.45) is 5.41 Å². The highest BCUT2D eigenvalue weighted by Crippen LogP contribution is 2.33. The summed E-state index contributed by atoms with van der Waals surface area (Å²) in [6.07, 6.45) is 0. The van der Waals surface area contributed by atoms with Crippen LogP contribution >= 0.6 is 0 Å². The lowest BCUT2D eigenvalue weighted by atomic mass is 9.84. The normalized spacial score (nSPS) is 13.3. The third-order valence-corrected chi connectivity index (χ3v) is 4.59. The van der Waals surface area contributed by atoms with Crippen LogP contribution in [-0.2, 0) is 16.8 Å². The third-order valence-electron chi connectivity index (χ3n) is 4.59. The largest absolute Gasteiger partial charge is 0.507 e. The maximum Gasteiger partial charge on any atom is 0.242 e. The van der Waals surface area contributed by atoms with E-state index in [0.29, 0.717) is 12.3 Å². The molecule has 0 saturated carbocycles. The van der Waals surface area contributed by atoms with Gasteiger partial charge in [0.1, 0.15) is 5.75 Å². The van der Waals surface area contributed by atoms with E-state index in [1.54, 1.807) is 0 Å². The molecule has 4 heteroatoms. The number of benzene rings is 2. The first kappa shape index (κ1) is 21.0. The fourth-order valence-corrected chi connectivity index (χ4v) is 3.08. The molecule has 2 aromatic carbocycles. The third kappa shape index (κ3) is 5.57. The number of phenols is 1. The van der Waals surface area contributed by atoms with Gasteiger partial charge in [-0.25, -0.2) is 0 Å². The predicted molar refractivity (Wildman–Crippen MR) is 112 cm³/mol. The molecule has 1 amide bonds. The lowest BCUT2D eigenvalue weighted by Crippen LogP contribution is -2.48. The minimum atomic E-state index is -0.407. The molecule has 146 valence electrons. The van der Waals surface area contributed by atoms with Crippen molar-refractivity contribution in [3.8, 4) is 5.75 Å². The van der Waals surface area contributed by atoms with E-state index in [2.05, 4.69) is 31.4 Å². The summed E-state index contributed by atoms with van der Waals surface area (Å²) in [5.41, 5.74) is 2.05. The summed E-state index contributed by atoms with van der Waals surface area (Å²) in [6.45, 7) is 12.7. The first-order chi connectivity index (χ1) is 12.5. The minimum absolute atomic E-state index is 0.0832. The van der Waals surface area contributed by atoms with Crippen molar-refractivity contribution in [1.29, 1.82) is 0 Å². The zero-order valence-corrected chi connectivity index (χ0v) is 17.3. The van der Waals surface area contributed by atoms with Crippen LogP contribution in [0.5, 0.6) is 5.75 Å². The van der Waals surface area contributed by atoms with Gasteiger partial charge in [-0.2, -0.15) is 0 Å². The summed E-state index contributed by atoms with van der Waals surface area (Å²) in [5, 5.41) is 17.0. The van der Waals surface area contributed by atoms with Gasteiger partial charge < -0.3 is 15.7 Å². The molecule has 2 rings (SSSR count). The lowest BCUT2D eigenvalue weighted by molar-refractivity contribution is -0.120. The molecular weight excluding hydrogens is 336 g/mol.